The average molecular weight is 324 g/mol. The number of carbonyl (C=O) groups excluding carboxylic acids is 2. The summed E-state index contributed by atoms with van der Waals surface area (Å²) in [6.45, 7) is 1.98. The number of rotatable bonds is 8. The predicted molar refractivity (Wildman–Crippen MR) is 91.2 cm³/mol. The molecule has 0 spiro atoms. The van der Waals surface area contributed by atoms with Crippen LogP contribution in [0.5, 0.6) is 0 Å². The molecule has 0 unspecified atom stereocenters. The van der Waals surface area contributed by atoms with Crippen molar-refractivity contribution in [3.63, 3.8) is 0 Å². The zero-order valence-electron chi connectivity index (χ0n) is 13.8. The fourth-order valence-corrected chi connectivity index (χ4v) is 2.70. The predicted octanol–water partition coefficient (Wildman–Crippen LogP) is 2.24. The summed E-state index contributed by atoms with van der Waals surface area (Å²) in [6.07, 6.45) is 1.96. The third kappa shape index (κ3) is 4.69. The summed E-state index contributed by atoms with van der Waals surface area (Å²) < 4.78 is 0. The lowest BCUT2D eigenvalue weighted by molar-refractivity contribution is -0.308. The Hall–Kier alpha value is -2.62. The molecule has 1 N–H and O–H groups in total. The van der Waals surface area contributed by atoms with E-state index in [0.29, 0.717) is 6.42 Å². The Morgan fingerprint density at radius 2 is 1.46 bits per heavy atom. The topological polar surface area (TPSA) is 69.2 Å². The summed E-state index contributed by atoms with van der Waals surface area (Å²) in [6, 6.07) is 17.8. The Morgan fingerprint density at radius 3 is 1.88 bits per heavy atom. The Bertz CT molecular complexity index is 616. The summed E-state index contributed by atoms with van der Waals surface area (Å²) in [5, 5.41) is 14.0. The number of carbonyl (C=O) groups is 2. The van der Waals surface area contributed by atoms with E-state index in [2.05, 4.69) is 5.32 Å². The Balaban J connectivity index is 2.26. The number of carboxylic acid groups (broad SMARTS) is 1. The molecule has 2 aromatic carbocycles. The van der Waals surface area contributed by atoms with Crippen molar-refractivity contribution in [2.45, 2.75) is 38.1 Å². The molecule has 126 valence electrons. The Morgan fingerprint density at radius 1 is 0.958 bits per heavy atom. The van der Waals surface area contributed by atoms with Crippen molar-refractivity contribution in [1.82, 2.24) is 5.32 Å². The van der Waals surface area contributed by atoms with E-state index in [1.807, 2.05) is 67.6 Å². The zero-order valence-corrected chi connectivity index (χ0v) is 13.8. The third-order valence-electron chi connectivity index (χ3n) is 3.98. The first-order valence-electron chi connectivity index (χ1n) is 8.24. The van der Waals surface area contributed by atoms with Crippen molar-refractivity contribution < 1.29 is 14.7 Å². The van der Waals surface area contributed by atoms with E-state index in [1.165, 1.54) is 0 Å². The molecule has 0 fully saturated rings. The molecule has 4 nitrogen and oxygen atoms in total. The normalized spacial score (nSPS) is 11.9. The average Bonchev–Trinajstić information content (AvgIpc) is 2.60. The van der Waals surface area contributed by atoms with Crippen LogP contribution < -0.4 is 10.4 Å². The first-order chi connectivity index (χ1) is 11.6. The van der Waals surface area contributed by atoms with Gasteiger partial charge in [0.05, 0.1) is 17.9 Å². The summed E-state index contributed by atoms with van der Waals surface area (Å²) in [7, 11) is 0. The van der Waals surface area contributed by atoms with Crippen molar-refractivity contribution >= 4 is 11.9 Å². The minimum atomic E-state index is -1.24. The molecule has 1 amide bonds. The molecule has 1 atom stereocenters. The number of amides is 1. The molecule has 0 aliphatic heterocycles. The van der Waals surface area contributed by atoms with Gasteiger partial charge in [-0.1, -0.05) is 80.4 Å². The smallest absolute Gasteiger partial charge is 0.232 e. The number of nitrogens with one attached hydrogen (secondary N) is 1. The van der Waals surface area contributed by atoms with Gasteiger partial charge in [-0.25, -0.2) is 0 Å². The number of unbranched alkanes of at least 4 members (excludes halogenated alkanes) is 1. The summed E-state index contributed by atoms with van der Waals surface area (Å²) in [5.74, 6) is -2.11. The third-order valence-corrected chi connectivity index (χ3v) is 3.98. The molecule has 0 radical (unpaired) electrons. The number of hydrogen-bond donors (Lipinski definition) is 1. The van der Waals surface area contributed by atoms with Crippen LogP contribution in [0.4, 0.5) is 0 Å². The summed E-state index contributed by atoms with van der Waals surface area (Å²) in [4.78, 5) is 24.1. The van der Waals surface area contributed by atoms with Gasteiger partial charge < -0.3 is 15.2 Å². The standard InChI is InChI=1S/C20H23NO3/c1-2-3-14-17(20(23)24)21-19(22)18(15-10-6-4-7-11-15)16-12-8-5-9-13-16/h4-13,17-18H,2-3,14H2,1H3,(H,21,22)(H,23,24)/p-1/t17-/m1/s1. The van der Waals surface area contributed by atoms with Crippen LogP contribution in [-0.2, 0) is 9.59 Å². The van der Waals surface area contributed by atoms with E-state index < -0.39 is 17.9 Å². The van der Waals surface area contributed by atoms with Crippen LogP contribution in [-0.4, -0.2) is 17.9 Å². The second kappa shape index (κ2) is 8.87. The van der Waals surface area contributed by atoms with Gasteiger partial charge in [-0.3, -0.25) is 4.79 Å². The van der Waals surface area contributed by atoms with Gasteiger partial charge in [-0.2, -0.15) is 0 Å². The van der Waals surface area contributed by atoms with Gasteiger partial charge in [0, 0.05) is 0 Å². The van der Waals surface area contributed by atoms with Gasteiger partial charge in [0.25, 0.3) is 0 Å². The molecule has 0 bridgehead atoms. The maximum absolute atomic E-state index is 12.8. The molecule has 2 aromatic rings. The van der Waals surface area contributed by atoms with Crippen LogP contribution in [0.1, 0.15) is 43.2 Å². The largest absolute Gasteiger partial charge is 0.548 e. The van der Waals surface area contributed by atoms with E-state index in [0.717, 1.165) is 24.0 Å². The monoisotopic (exact) mass is 324 g/mol. The molecular formula is C20H22NO3-. The molecule has 4 heteroatoms. The van der Waals surface area contributed by atoms with Gasteiger partial charge in [0.2, 0.25) is 5.91 Å². The fourth-order valence-electron chi connectivity index (χ4n) is 2.70. The molecule has 0 aromatic heterocycles. The minimum absolute atomic E-state index is 0.322. The molecular weight excluding hydrogens is 302 g/mol. The molecule has 24 heavy (non-hydrogen) atoms. The van der Waals surface area contributed by atoms with Gasteiger partial charge >= 0.3 is 0 Å². The highest BCUT2D eigenvalue weighted by molar-refractivity contribution is 5.90. The van der Waals surface area contributed by atoms with Crippen molar-refractivity contribution in [2.75, 3.05) is 0 Å². The highest BCUT2D eigenvalue weighted by Crippen LogP contribution is 2.25. The molecule has 2 rings (SSSR count). The molecule has 0 saturated carbocycles. The second-order valence-corrected chi connectivity index (χ2v) is 5.78. The zero-order chi connectivity index (χ0) is 17.4. The molecule has 0 aliphatic rings. The lowest BCUT2D eigenvalue weighted by atomic mass is 9.90. The highest BCUT2D eigenvalue weighted by atomic mass is 16.4. The lowest BCUT2D eigenvalue weighted by Crippen LogP contribution is -2.49. The number of hydrogen-bond acceptors (Lipinski definition) is 3. The van der Waals surface area contributed by atoms with Crippen LogP contribution in [0.3, 0.4) is 0 Å². The van der Waals surface area contributed by atoms with E-state index in [1.54, 1.807) is 0 Å². The van der Waals surface area contributed by atoms with Crippen LogP contribution in [0.25, 0.3) is 0 Å². The fraction of sp³-hybridized carbons (Fsp3) is 0.300. The van der Waals surface area contributed by atoms with E-state index in [9.17, 15) is 14.7 Å². The molecule has 0 heterocycles. The SMILES string of the molecule is CCCC[C@@H](NC(=O)C(c1ccccc1)c1ccccc1)C(=O)[O-]. The highest BCUT2D eigenvalue weighted by Gasteiger charge is 2.25. The van der Waals surface area contributed by atoms with Crippen molar-refractivity contribution in [1.29, 1.82) is 0 Å². The van der Waals surface area contributed by atoms with Crippen LogP contribution in [0.2, 0.25) is 0 Å². The molecule has 0 saturated heterocycles. The van der Waals surface area contributed by atoms with E-state index >= 15 is 0 Å². The first kappa shape index (κ1) is 17.7. The maximum Gasteiger partial charge on any atom is 0.232 e. The van der Waals surface area contributed by atoms with Crippen molar-refractivity contribution in [3.8, 4) is 0 Å². The minimum Gasteiger partial charge on any atom is -0.548 e. The summed E-state index contributed by atoms with van der Waals surface area (Å²) >= 11 is 0. The van der Waals surface area contributed by atoms with Crippen LogP contribution in [0, 0.1) is 0 Å². The van der Waals surface area contributed by atoms with Gasteiger partial charge in [0.15, 0.2) is 0 Å². The van der Waals surface area contributed by atoms with Crippen LogP contribution >= 0.6 is 0 Å². The maximum atomic E-state index is 12.8. The van der Waals surface area contributed by atoms with E-state index in [4.69, 9.17) is 0 Å². The van der Waals surface area contributed by atoms with Crippen LogP contribution in [0.15, 0.2) is 60.7 Å². The number of carboxylic acids is 1. The second-order valence-electron chi connectivity index (χ2n) is 5.78. The van der Waals surface area contributed by atoms with E-state index in [-0.39, 0.29) is 5.91 Å². The van der Waals surface area contributed by atoms with Gasteiger partial charge in [-0.05, 0) is 17.5 Å². The lowest BCUT2D eigenvalue weighted by Gasteiger charge is -2.24. The van der Waals surface area contributed by atoms with Gasteiger partial charge in [-0.15, -0.1) is 0 Å². The first-order valence-corrected chi connectivity index (χ1v) is 8.24. The summed E-state index contributed by atoms with van der Waals surface area (Å²) in [5.41, 5.74) is 1.66. The number of aliphatic carboxylic acids is 1. The Kier molecular flexibility index (Phi) is 6.55. The van der Waals surface area contributed by atoms with Crippen molar-refractivity contribution in [2.24, 2.45) is 0 Å². The van der Waals surface area contributed by atoms with Gasteiger partial charge in [0.1, 0.15) is 0 Å². The molecule has 0 aliphatic carbocycles. The quantitative estimate of drug-likeness (QED) is 0.809. The number of benzene rings is 2. The van der Waals surface area contributed by atoms with Crippen molar-refractivity contribution in [3.05, 3.63) is 71.8 Å². The Labute approximate surface area is 142 Å².